The molecule has 1 unspecified atom stereocenters. The lowest BCUT2D eigenvalue weighted by molar-refractivity contribution is 0.852. The highest BCUT2D eigenvalue weighted by molar-refractivity contribution is 6.28. The third kappa shape index (κ3) is 2.64. The molecule has 2 heterocycles. The van der Waals surface area contributed by atoms with Crippen molar-refractivity contribution in [2.75, 3.05) is 5.32 Å². The fourth-order valence-corrected chi connectivity index (χ4v) is 1.42. The highest BCUT2D eigenvalue weighted by Gasteiger charge is 2.06. The van der Waals surface area contributed by atoms with Crippen molar-refractivity contribution < 1.29 is 0 Å². The fraction of sp³-hybridized carbons (Fsp3) is 0.200. The number of rotatable bonds is 3. The smallest absolute Gasteiger partial charge is 0.244 e. The van der Waals surface area contributed by atoms with E-state index in [1.165, 1.54) is 6.20 Å². The summed E-state index contributed by atoms with van der Waals surface area (Å²) in [5, 5.41) is 10.6. The standard InChI is InChI=1S/C10H10ClN5/c1-7(8-3-2-4-12-5-8)14-9-6-13-16-10(11)15-9/h2-7H,1H3,(H,14,15,16). The molecule has 0 saturated carbocycles. The number of hydrogen-bond donors (Lipinski definition) is 1. The lowest BCUT2D eigenvalue weighted by Crippen LogP contribution is -2.08. The quantitative estimate of drug-likeness (QED) is 0.883. The van der Waals surface area contributed by atoms with Crippen LogP contribution in [0, 0.1) is 0 Å². The highest BCUT2D eigenvalue weighted by atomic mass is 35.5. The Morgan fingerprint density at radius 3 is 2.94 bits per heavy atom. The van der Waals surface area contributed by atoms with Gasteiger partial charge in [-0.2, -0.15) is 10.1 Å². The monoisotopic (exact) mass is 235 g/mol. The van der Waals surface area contributed by atoms with Gasteiger partial charge in [-0.05, 0) is 30.2 Å². The Morgan fingerprint density at radius 2 is 2.25 bits per heavy atom. The summed E-state index contributed by atoms with van der Waals surface area (Å²) < 4.78 is 0. The molecular weight excluding hydrogens is 226 g/mol. The summed E-state index contributed by atoms with van der Waals surface area (Å²) in [4.78, 5) is 8.05. The van der Waals surface area contributed by atoms with Gasteiger partial charge in [-0.1, -0.05) is 6.07 Å². The third-order valence-corrected chi connectivity index (χ3v) is 2.24. The van der Waals surface area contributed by atoms with E-state index in [2.05, 4.69) is 25.5 Å². The zero-order chi connectivity index (χ0) is 11.4. The summed E-state index contributed by atoms with van der Waals surface area (Å²) in [5.41, 5.74) is 1.07. The second-order valence-electron chi connectivity index (χ2n) is 3.26. The number of aromatic nitrogens is 4. The van der Waals surface area contributed by atoms with Crippen molar-refractivity contribution in [3.05, 3.63) is 41.6 Å². The van der Waals surface area contributed by atoms with Gasteiger partial charge in [-0.15, -0.1) is 5.10 Å². The number of anilines is 1. The molecule has 1 N–H and O–H groups in total. The van der Waals surface area contributed by atoms with Crippen LogP contribution in [0.1, 0.15) is 18.5 Å². The molecule has 0 bridgehead atoms. The fourth-order valence-electron chi connectivity index (χ4n) is 1.29. The summed E-state index contributed by atoms with van der Waals surface area (Å²) in [5.74, 6) is 0.594. The van der Waals surface area contributed by atoms with Crippen LogP contribution in [0.3, 0.4) is 0 Å². The van der Waals surface area contributed by atoms with E-state index in [-0.39, 0.29) is 11.3 Å². The van der Waals surface area contributed by atoms with Gasteiger partial charge in [0.2, 0.25) is 5.28 Å². The Balaban J connectivity index is 2.11. The summed E-state index contributed by atoms with van der Waals surface area (Å²) in [7, 11) is 0. The van der Waals surface area contributed by atoms with Gasteiger partial charge >= 0.3 is 0 Å². The van der Waals surface area contributed by atoms with Crippen molar-refractivity contribution >= 4 is 17.4 Å². The van der Waals surface area contributed by atoms with E-state index < -0.39 is 0 Å². The predicted octanol–water partition coefficient (Wildman–Crippen LogP) is 2.09. The van der Waals surface area contributed by atoms with Crippen LogP contribution in [0.25, 0.3) is 0 Å². The maximum Gasteiger partial charge on any atom is 0.244 e. The number of pyridine rings is 1. The van der Waals surface area contributed by atoms with Crippen LogP contribution in [-0.2, 0) is 0 Å². The van der Waals surface area contributed by atoms with Crippen LogP contribution < -0.4 is 5.32 Å². The molecule has 5 nitrogen and oxygen atoms in total. The minimum atomic E-state index is 0.0847. The van der Waals surface area contributed by atoms with Gasteiger partial charge in [0.25, 0.3) is 0 Å². The molecule has 0 amide bonds. The zero-order valence-corrected chi connectivity index (χ0v) is 9.39. The summed E-state index contributed by atoms with van der Waals surface area (Å²) >= 11 is 5.64. The van der Waals surface area contributed by atoms with Crippen molar-refractivity contribution in [2.45, 2.75) is 13.0 Å². The molecule has 6 heteroatoms. The molecule has 82 valence electrons. The van der Waals surface area contributed by atoms with E-state index in [4.69, 9.17) is 11.6 Å². The second kappa shape index (κ2) is 4.85. The van der Waals surface area contributed by atoms with Crippen LogP contribution in [0.2, 0.25) is 5.28 Å². The molecule has 16 heavy (non-hydrogen) atoms. The first-order valence-electron chi connectivity index (χ1n) is 4.77. The van der Waals surface area contributed by atoms with Gasteiger partial charge in [-0.3, -0.25) is 4.98 Å². The van der Waals surface area contributed by atoms with Gasteiger partial charge in [0.05, 0.1) is 12.2 Å². The maximum atomic E-state index is 5.64. The molecular formula is C10H10ClN5. The van der Waals surface area contributed by atoms with Crippen molar-refractivity contribution in [3.63, 3.8) is 0 Å². The molecule has 0 radical (unpaired) electrons. The van der Waals surface area contributed by atoms with Crippen LogP contribution in [0.4, 0.5) is 5.82 Å². The topological polar surface area (TPSA) is 63.6 Å². The number of nitrogens with zero attached hydrogens (tertiary/aromatic N) is 4. The molecule has 1 atom stereocenters. The van der Waals surface area contributed by atoms with Gasteiger partial charge in [0, 0.05) is 12.4 Å². The predicted molar refractivity (Wildman–Crippen MR) is 61.1 cm³/mol. The minimum Gasteiger partial charge on any atom is -0.362 e. The Hall–Kier alpha value is -1.75. The Labute approximate surface area is 97.9 Å². The second-order valence-corrected chi connectivity index (χ2v) is 3.60. The first kappa shape index (κ1) is 10.8. The van der Waals surface area contributed by atoms with E-state index in [1.54, 1.807) is 12.4 Å². The number of halogens is 1. The van der Waals surface area contributed by atoms with Crippen molar-refractivity contribution in [1.82, 2.24) is 20.2 Å². The summed E-state index contributed by atoms with van der Waals surface area (Å²) in [6, 6.07) is 3.96. The maximum absolute atomic E-state index is 5.64. The highest BCUT2D eigenvalue weighted by Crippen LogP contribution is 2.16. The van der Waals surface area contributed by atoms with Gasteiger partial charge in [0.1, 0.15) is 5.82 Å². The third-order valence-electron chi connectivity index (χ3n) is 2.08. The van der Waals surface area contributed by atoms with Crippen molar-refractivity contribution in [2.24, 2.45) is 0 Å². The molecule has 2 aromatic rings. The molecule has 2 aromatic heterocycles. The lowest BCUT2D eigenvalue weighted by atomic mass is 10.1. The lowest BCUT2D eigenvalue weighted by Gasteiger charge is -2.13. The minimum absolute atomic E-state index is 0.0847. The number of hydrogen-bond acceptors (Lipinski definition) is 5. The summed E-state index contributed by atoms with van der Waals surface area (Å²) in [6.07, 6.45) is 5.06. The van der Waals surface area contributed by atoms with E-state index in [9.17, 15) is 0 Å². The Morgan fingerprint density at radius 1 is 1.38 bits per heavy atom. The molecule has 0 spiro atoms. The van der Waals surface area contributed by atoms with E-state index in [0.717, 1.165) is 5.56 Å². The largest absolute Gasteiger partial charge is 0.362 e. The molecule has 0 aliphatic heterocycles. The summed E-state index contributed by atoms with van der Waals surface area (Å²) in [6.45, 7) is 2.01. The normalized spacial score (nSPS) is 12.1. The average Bonchev–Trinajstić information content (AvgIpc) is 2.30. The molecule has 0 fully saturated rings. The van der Waals surface area contributed by atoms with Crippen molar-refractivity contribution in [1.29, 1.82) is 0 Å². The van der Waals surface area contributed by atoms with Crippen LogP contribution >= 0.6 is 11.6 Å². The van der Waals surface area contributed by atoms with Crippen LogP contribution in [-0.4, -0.2) is 20.2 Å². The van der Waals surface area contributed by atoms with Gasteiger partial charge in [0.15, 0.2) is 0 Å². The molecule has 0 aliphatic carbocycles. The van der Waals surface area contributed by atoms with E-state index in [0.29, 0.717) is 5.82 Å². The van der Waals surface area contributed by atoms with E-state index >= 15 is 0 Å². The zero-order valence-electron chi connectivity index (χ0n) is 8.63. The Bertz CT molecular complexity index is 462. The molecule has 2 rings (SSSR count). The molecule has 0 aromatic carbocycles. The van der Waals surface area contributed by atoms with Gasteiger partial charge < -0.3 is 5.32 Å². The SMILES string of the molecule is CC(Nc1cnnc(Cl)n1)c1cccnc1. The molecule has 0 aliphatic rings. The van der Waals surface area contributed by atoms with E-state index in [1.807, 2.05) is 19.1 Å². The molecule has 0 saturated heterocycles. The average molecular weight is 236 g/mol. The number of nitrogens with one attached hydrogen (secondary N) is 1. The van der Waals surface area contributed by atoms with Crippen LogP contribution in [0.5, 0.6) is 0 Å². The van der Waals surface area contributed by atoms with Crippen molar-refractivity contribution in [3.8, 4) is 0 Å². The van der Waals surface area contributed by atoms with Crippen LogP contribution in [0.15, 0.2) is 30.7 Å². The Kier molecular flexibility index (Phi) is 3.26. The first-order chi connectivity index (χ1) is 7.75. The van der Waals surface area contributed by atoms with Gasteiger partial charge in [-0.25, -0.2) is 0 Å². The first-order valence-corrected chi connectivity index (χ1v) is 5.15.